The lowest BCUT2D eigenvalue weighted by atomic mass is 10.1. The molecule has 0 aliphatic rings. The molecule has 0 heterocycles. The summed E-state index contributed by atoms with van der Waals surface area (Å²) in [5, 5.41) is 3.98. The van der Waals surface area contributed by atoms with Crippen molar-refractivity contribution in [3.8, 4) is 11.5 Å². The Kier molecular flexibility index (Phi) is 13.0. The van der Waals surface area contributed by atoms with Gasteiger partial charge in [0.15, 0.2) is 0 Å². The van der Waals surface area contributed by atoms with E-state index in [1.165, 1.54) is 6.21 Å². The lowest BCUT2D eigenvalue weighted by Gasteiger charge is -2.26. The summed E-state index contributed by atoms with van der Waals surface area (Å²) in [5.74, 6) is 1.96. The summed E-state index contributed by atoms with van der Waals surface area (Å²) in [6, 6.07) is 3.64. The maximum absolute atomic E-state index is 11.7. The second-order valence-electron chi connectivity index (χ2n) is 5.66. The molecule has 1 aromatic carbocycles. The number of hydrazone groups is 1. The molecule has 0 atom stereocenters. The topological polar surface area (TPSA) is 66.4 Å². The van der Waals surface area contributed by atoms with E-state index in [1.54, 1.807) is 25.2 Å². The Morgan fingerprint density at radius 3 is 2.22 bits per heavy atom. The minimum Gasteiger partial charge on any atom is -0.496 e. The summed E-state index contributed by atoms with van der Waals surface area (Å²) in [4.78, 5) is 15.4. The molecule has 1 aromatic rings. The number of alkyl halides is 2. The summed E-state index contributed by atoms with van der Waals surface area (Å²) >= 11 is 11.8. The number of hydrogen-bond acceptors (Lipinski definition) is 6. The van der Waals surface area contributed by atoms with Gasteiger partial charge in [0.25, 0.3) is 5.91 Å². The van der Waals surface area contributed by atoms with Crippen molar-refractivity contribution in [1.29, 1.82) is 0 Å². The number of benzene rings is 1. The van der Waals surface area contributed by atoms with Gasteiger partial charge >= 0.3 is 0 Å². The maximum Gasteiger partial charge on any atom is 0.254 e. The number of carbonyl (C=O) groups excluding carboxylic acids is 1. The molecule has 1 rings (SSSR count). The van der Waals surface area contributed by atoms with Crippen molar-refractivity contribution in [3.63, 3.8) is 0 Å². The molecule has 27 heavy (non-hydrogen) atoms. The van der Waals surface area contributed by atoms with E-state index in [0.717, 1.165) is 5.69 Å². The van der Waals surface area contributed by atoms with Crippen LogP contribution >= 0.6 is 35.6 Å². The van der Waals surface area contributed by atoms with Crippen LogP contribution in [0.25, 0.3) is 0 Å². The van der Waals surface area contributed by atoms with Gasteiger partial charge in [-0.15, -0.1) is 35.6 Å². The minimum absolute atomic E-state index is 0. The molecule has 0 radical (unpaired) electrons. The van der Waals surface area contributed by atoms with Crippen molar-refractivity contribution >= 4 is 53.4 Å². The predicted octanol–water partition coefficient (Wildman–Crippen LogP) is 2.42. The van der Waals surface area contributed by atoms with Crippen molar-refractivity contribution < 1.29 is 14.3 Å². The summed E-state index contributed by atoms with van der Waals surface area (Å²) in [6.45, 7) is 1.51. The Balaban J connectivity index is 0.00000676. The van der Waals surface area contributed by atoms with Crippen molar-refractivity contribution in [2.75, 3.05) is 64.6 Å². The zero-order valence-corrected chi connectivity index (χ0v) is 18.3. The van der Waals surface area contributed by atoms with E-state index < -0.39 is 0 Å². The third kappa shape index (κ3) is 8.43. The van der Waals surface area contributed by atoms with Gasteiger partial charge in [-0.25, -0.2) is 5.43 Å². The van der Waals surface area contributed by atoms with Gasteiger partial charge in [0, 0.05) is 36.5 Å². The number of hydrogen-bond donors (Lipinski definition) is 1. The van der Waals surface area contributed by atoms with Gasteiger partial charge in [-0.2, -0.15) is 5.10 Å². The molecule has 7 nitrogen and oxygen atoms in total. The summed E-state index contributed by atoms with van der Waals surface area (Å²) < 4.78 is 11.0. The van der Waals surface area contributed by atoms with E-state index in [2.05, 4.69) is 10.5 Å². The van der Waals surface area contributed by atoms with Gasteiger partial charge in [-0.1, -0.05) is 0 Å². The average Bonchev–Trinajstić information content (AvgIpc) is 2.60. The van der Waals surface area contributed by atoms with Crippen LogP contribution in [0.15, 0.2) is 17.2 Å². The SMILES string of the molecule is COc1cc(N(CCCl)CCCl)c(OC)cc1/C=N\NC(=O)CN(C)C.Cl. The number of nitrogens with one attached hydrogen (secondary N) is 1. The molecule has 0 aliphatic carbocycles. The van der Waals surface area contributed by atoms with Crippen molar-refractivity contribution in [1.82, 2.24) is 10.3 Å². The third-order valence-electron chi connectivity index (χ3n) is 3.43. The van der Waals surface area contributed by atoms with Gasteiger partial charge in [0.2, 0.25) is 0 Å². The highest BCUT2D eigenvalue weighted by Gasteiger charge is 2.16. The van der Waals surface area contributed by atoms with Crippen LogP contribution in [-0.2, 0) is 4.79 Å². The molecule has 0 saturated carbocycles. The maximum atomic E-state index is 11.7. The Hall–Kier alpha value is -1.41. The number of nitrogens with zero attached hydrogens (tertiary/aromatic N) is 3. The predicted molar refractivity (Wildman–Crippen MR) is 115 cm³/mol. The molecule has 0 spiro atoms. The fraction of sp³-hybridized carbons (Fsp3) is 0.529. The quantitative estimate of drug-likeness (QED) is 0.324. The van der Waals surface area contributed by atoms with Crippen LogP contribution in [0.5, 0.6) is 11.5 Å². The fourth-order valence-corrected chi connectivity index (χ4v) is 2.71. The number of likely N-dealkylation sites (N-methyl/N-ethyl adjacent to an activating group) is 1. The molecule has 10 heteroatoms. The lowest BCUT2D eigenvalue weighted by molar-refractivity contribution is -0.121. The monoisotopic (exact) mass is 440 g/mol. The Morgan fingerprint density at radius 2 is 1.74 bits per heavy atom. The Morgan fingerprint density at radius 1 is 1.15 bits per heavy atom. The van der Waals surface area contributed by atoms with Crippen molar-refractivity contribution in [3.05, 3.63) is 17.7 Å². The van der Waals surface area contributed by atoms with Gasteiger partial charge in [-0.3, -0.25) is 4.79 Å². The van der Waals surface area contributed by atoms with Gasteiger partial charge in [0.1, 0.15) is 11.5 Å². The summed E-state index contributed by atoms with van der Waals surface area (Å²) in [7, 11) is 6.78. The highest BCUT2D eigenvalue weighted by molar-refractivity contribution is 6.18. The van der Waals surface area contributed by atoms with E-state index in [-0.39, 0.29) is 24.9 Å². The van der Waals surface area contributed by atoms with E-state index in [4.69, 9.17) is 32.7 Å². The van der Waals surface area contributed by atoms with E-state index in [9.17, 15) is 4.79 Å². The first-order chi connectivity index (χ1) is 12.5. The highest BCUT2D eigenvalue weighted by Crippen LogP contribution is 2.35. The van der Waals surface area contributed by atoms with Crippen molar-refractivity contribution in [2.45, 2.75) is 0 Å². The first-order valence-corrected chi connectivity index (χ1v) is 9.13. The van der Waals surface area contributed by atoms with Crippen LogP contribution in [0, 0.1) is 0 Å². The largest absolute Gasteiger partial charge is 0.496 e. The number of amides is 1. The molecule has 0 unspecified atom stereocenters. The lowest BCUT2D eigenvalue weighted by Crippen LogP contribution is -2.30. The first-order valence-electron chi connectivity index (χ1n) is 8.06. The van der Waals surface area contributed by atoms with Crippen molar-refractivity contribution in [2.24, 2.45) is 5.10 Å². The first kappa shape index (κ1) is 25.6. The highest BCUT2D eigenvalue weighted by atomic mass is 35.5. The van der Waals surface area contributed by atoms with Crippen LogP contribution in [0.3, 0.4) is 0 Å². The van der Waals surface area contributed by atoms with Crippen LogP contribution in [0.2, 0.25) is 0 Å². The minimum atomic E-state index is -0.204. The molecular formula is C17H27Cl3N4O3. The second-order valence-corrected chi connectivity index (χ2v) is 6.42. The average molecular weight is 442 g/mol. The normalized spacial score (nSPS) is 10.6. The van der Waals surface area contributed by atoms with Crippen LogP contribution < -0.4 is 19.8 Å². The van der Waals surface area contributed by atoms with Crippen LogP contribution in [-0.4, -0.2) is 76.7 Å². The Bertz CT molecular complexity index is 609. The number of anilines is 1. The molecule has 0 aromatic heterocycles. The van der Waals surface area contributed by atoms with E-state index >= 15 is 0 Å². The summed E-state index contributed by atoms with van der Waals surface area (Å²) in [5.41, 5.74) is 3.99. The second kappa shape index (κ2) is 13.7. The standard InChI is InChI=1S/C17H26Cl2N4O3.ClH/c1-22(2)12-17(24)21-20-11-13-9-16(26-4)14(10-15(13)25-3)23(7-5-18)8-6-19;/h9-11H,5-8,12H2,1-4H3,(H,21,24);1H/b20-11-;. The summed E-state index contributed by atoms with van der Waals surface area (Å²) in [6.07, 6.45) is 1.52. The van der Waals surface area contributed by atoms with Gasteiger partial charge < -0.3 is 19.3 Å². The molecule has 0 saturated heterocycles. The van der Waals surface area contributed by atoms with Gasteiger partial charge in [-0.05, 0) is 20.2 Å². The zero-order chi connectivity index (χ0) is 19.5. The molecule has 0 aliphatic heterocycles. The van der Waals surface area contributed by atoms with Crippen LogP contribution in [0.4, 0.5) is 5.69 Å². The zero-order valence-electron chi connectivity index (χ0n) is 16.0. The third-order valence-corrected chi connectivity index (χ3v) is 3.77. The number of carbonyl (C=O) groups is 1. The van der Waals surface area contributed by atoms with Gasteiger partial charge in [0.05, 0.1) is 32.7 Å². The van der Waals surface area contributed by atoms with E-state index in [1.807, 2.05) is 25.1 Å². The van der Waals surface area contributed by atoms with Crippen LogP contribution in [0.1, 0.15) is 5.56 Å². The molecular weight excluding hydrogens is 415 g/mol. The molecule has 154 valence electrons. The van der Waals surface area contributed by atoms with E-state index in [0.29, 0.717) is 41.9 Å². The smallest absolute Gasteiger partial charge is 0.254 e. The Labute approximate surface area is 177 Å². The number of halogens is 3. The fourth-order valence-electron chi connectivity index (χ4n) is 2.31. The molecule has 0 bridgehead atoms. The number of methoxy groups -OCH3 is 2. The molecule has 0 fully saturated rings. The number of ether oxygens (including phenoxy) is 2. The molecule has 1 N–H and O–H groups in total. The molecule has 1 amide bonds. The number of rotatable bonds is 11.